The molecular formula is C10H12N2O. The summed E-state index contributed by atoms with van der Waals surface area (Å²) in [6.07, 6.45) is 0. The first kappa shape index (κ1) is 9.53. The molecule has 0 unspecified atom stereocenters. The predicted octanol–water partition coefficient (Wildman–Crippen LogP) is 1.97. The van der Waals surface area contributed by atoms with E-state index in [4.69, 9.17) is 10.00 Å². The second-order valence-electron chi connectivity index (χ2n) is 2.81. The van der Waals surface area contributed by atoms with Crippen molar-refractivity contribution >= 4 is 0 Å². The van der Waals surface area contributed by atoms with Gasteiger partial charge in [0.2, 0.25) is 5.88 Å². The van der Waals surface area contributed by atoms with Crippen molar-refractivity contribution in [3.05, 3.63) is 22.9 Å². The van der Waals surface area contributed by atoms with Crippen LogP contribution in [0.4, 0.5) is 0 Å². The average molecular weight is 176 g/mol. The number of rotatable bonds is 2. The Labute approximate surface area is 78.0 Å². The van der Waals surface area contributed by atoms with Crippen molar-refractivity contribution < 1.29 is 4.74 Å². The molecule has 68 valence electrons. The van der Waals surface area contributed by atoms with Crippen LogP contribution in [0.1, 0.15) is 23.7 Å². The third-order valence-electron chi connectivity index (χ3n) is 1.70. The molecule has 1 rings (SSSR count). The van der Waals surface area contributed by atoms with E-state index < -0.39 is 0 Å². The van der Waals surface area contributed by atoms with Gasteiger partial charge in [-0.15, -0.1) is 0 Å². The normalized spacial score (nSPS) is 9.38. The maximum Gasteiger partial charge on any atom is 0.232 e. The topological polar surface area (TPSA) is 45.9 Å². The van der Waals surface area contributed by atoms with Gasteiger partial charge in [-0.25, -0.2) is 4.98 Å². The third kappa shape index (κ3) is 1.97. The van der Waals surface area contributed by atoms with Crippen LogP contribution in [0, 0.1) is 25.2 Å². The van der Waals surface area contributed by atoms with E-state index in [-0.39, 0.29) is 0 Å². The molecule has 1 aromatic heterocycles. The Hall–Kier alpha value is -1.56. The molecule has 0 N–H and O–H groups in total. The van der Waals surface area contributed by atoms with Gasteiger partial charge in [-0.2, -0.15) is 5.26 Å². The fourth-order valence-corrected chi connectivity index (χ4v) is 1.18. The Kier molecular flexibility index (Phi) is 2.86. The quantitative estimate of drug-likeness (QED) is 0.692. The largest absolute Gasteiger partial charge is 0.477 e. The monoisotopic (exact) mass is 176 g/mol. The molecule has 3 heteroatoms. The van der Waals surface area contributed by atoms with Gasteiger partial charge in [0.1, 0.15) is 11.6 Å². The van der Waals surface area contributed by atoms with Gasteiger partial charge in [0.25, 0.3) is 0 Å². The Morgan fingerprint density at radius 2 is 2.23 bits per heavy atom. The molecule has 0 aliphatic rings. The predicted molar refractivity (Wildman–Crippen MR) is 49.6 cm³/mol. The van der Waals surface area contributed by atoms with Gasteiger partial charge in [-0.1, -0.05) is 0 Å². The number of aryl methyl sites for hydroxylation is 2. The van der Waals surface area contributed by atoms with Crippen LogP contribution in [-0.2, 0) is 0 Å². The lowest BCUT2D eigenvalue weighted by molar-refractivity contribution is 0.325. The van der Waals surface area contributed by atoms with Crippen molar-refractivity contribution in [2.75, 3.05) is 6.61 Å². The molecule has 0 saturated heterocycles. The highest BCUT2D eigenvalue weighted by atomic mass is 16.5. The summed E-state index contributed by atoms with van der Waals surface area (Å²) in [4.78, 5) is 4.15. The lowest BCUT2D eigenvalue weighted by atomic mass is 10.1. The summed E-state index contributed by atoms with van der Waals surface area (Å²) in [7, 11) is 0. The first-order valence-electron chi connectivity index (χ1n) is 4.20. The molecule has 0 amide bonds. The highest BCUT2D eigenvalue weighted by Crippen LogP contribution is 2.19. The minimum atomic E-state index is 0.447. The second-order valence-corrected chi connectivity index (χ2v) is 2.81. The molecule has 0 aromatic carbocycles. The zero-order valence-electron chi connectivity index (χ0n) is 8.09. The molecule has 0 radical (unpaired) electrons. The van der Waals surface area contributed by atoms with Gasteiger partial charge in [0.15, 0.2) is 0 Å². The van der Waals surface area contributed by atoms with E-state index in [2.05, 4.69) is 11.1 Å². The minimum Gasteiger partial charge on any atom is -0.477 e. The summed E-state index contributed by atoms with van der Waals surface area (Å²) >= 11 is 0. The van der Waals surface area contributed by atoms with Crippen LogP contribution in [0.25, 0.3) is 0 Å². The standard InChI is InChI=1S/C10H12N2O/c1-4-13-10-9(6-11)7(2)5-8(3)12-10/h5H,4H2,1-3H3. The van der Waals surface area contributed by atoms with E-state index >= 15 is 0 Å². The maximum atomic E-state index is 8.85. The van der Waals surface area contributed by atoms with E-state index in [9.17, 15) is 0 Å². The van der Waals surface area contributed by atoms with Crippen LogP contribution in [0.5, 0.6) is 5.88 Å². The summed E-state index contributed by atoms with van der Waals surface area (Å²) in [5.74, 6) is 0.447. The van der Waals surface area contributed by atoms with E-state index in [1.165, 1.54) is 0 Å². The van der Waals surface area contributed by atoms with Gasteiger partial charge in [0, 0.05) is 5.69 Å². The Morgan fingerprint density at radius 1 is 1.54 bits per heavy atom. The maximum absolute atomic E-state index is 8.85. The number of hydrogen-bond donors (Lipinski definition) is 0. The van der Waals surface area contributed by atoms with Crippen LogP contribution in [0.2, 0.25) is 0 Å². The lowest BCUT2D eigenvalue weighted by Crippen LogP contribution is -2.00. The number of nitriles is 1. The molecule has 0 aliphatic heterocycles. The van der Waals surface area contributed by atoms with Crippen LogP contribution in [-0.4, -0.2) is 11.6 Å². The van der Waals surface area contributed by atoms with E-state index in [1.807, 2.05) is 26.8 Å². The number of pyridine rings is 1. The third-order valence-corrected chi connectivity index (χ3v) is 1.70. The molecule has 0 fully saturated rings. The van der Waals surface area contributed by atoms with Gasteiger partial charge >= 0.3 is 0 Å². The number of nitrogens with zero attached hydrogens (tertiary/aromatic N) is 2. The fourth-order valence-electron chi connectivity index (χ4n) is 1.18. The summed E-state index contributed by atoms with van der Waals surface area (Å²) in [5, 5.41) is 8.85. The van der Waals surface area contributed by atoms with Crippen molar-refractivity contribution in [3.63, 3.8) is 0 Å². The zero-order valence-corrected chi connectivity index (χ0v) is 8.09. The Morgan fingerprint density at radius 3 is 2.77 bits per heavy atom. The molecule has 1 heterocycles. The SMILES string of the molecule is CCOc1nc(C)cc(C)c1C#N. The van der Waals surface area contributed by atoms with Crippen molar-refractivity contribution in [2.45, 2.75) is 20.8 Å². The van der Waals surface area contributed by atoms with Crippen LogP contribution in [0.15, 0.2) is 6.07 Å². The van der Waals surface area contributed by atoms with E-state index in [1.54, 1.807) is 0 Å². The van der Waals surface area contributed by atoms with Crippen LogP contribution < -0.4 is 4.74 Å². The lowest BCUT2D eigenvalue weighted by Gasteiger charge is -2.06. The zero-order chi connectivity index (χ0) is 9.84. The average Bonchev–Trinajstić information content (AvgIpc) is 2.04. The molecule has 0 spiro atoms. The molecule has 0 bridgehead atoms. The first-order chi connectivity index (χ1) is 6.19. The number of ether oxygens (including phenoxy) is 1. The van der Waals surface area contributed by atoms with Gasteiger partial charge in [-0.05, 0) is 32.4 Å². The van der Waals surface area contributed by atoms with Crippen LogP contribution in [0.3, 0.4) is 0 Å². The van der Waals surface area contributed by atoms with E-state index in [0.29, 0.717) is 18.1 Å². The van der Waals surface area contributed by atoms with Crippen LogP contribution >= 0.6 is 0 Å². The summed E-state index contributed by atoms with van der Waals surface area (Å²) in [6.45, 7) is 6.18. The molecule has 13 heavy (non-hydrogen) atoms. The van der Waals surface area contributed by atoms with Gasteiger partial charge < -0.3 is 4.74 Å². The minimum absolute atomic E-state index is 0.447. The number of hydrogen-bond acceptors (Lipinski definition) is 3. The smallest absolute Gasteiger partial charge is 0.232 e. The number of aromatic nitrogens is 1. The summed E-state index contributed by atoms with van der Waals surface area (Å²) in [5.41, 5.74) is 2.32. The Bertz CT molecular complexity index is 353. The second kappa shape index (κ2) is 3.90. The fraction of sp³-hybridized carbons (Fsp3) is 0.400. The molecule has 1 aromatic rings. The molecule has 0 atom stereocenters. The molecule has 3 nitrogen and oxygen atoms in total. The van der Waals surface area contributed by atoms with E-state index in [0.717, 1.165) is 11.3 Å². The highest BCUT2D eigenvalue weighted by Gasteiger charge is 2.08. The Balaban J connectivity index is 3.23. The van der Waals surface area contributed by atoms with Crippen molar-refractivity contribution in [2.24, 2.45) is 0 Å². The van der Waals surface area contributed by atoms with Crippen molar-refractivity contribution in [3.8, 4) is 11.9 Å². The van der Waals surface area contributed by atoms with Crippen molar-refractivity contribution in [1.29, 1.82) is 5.26 Å². The molecule has 0 saturated carbocycles. The highest BCUT2D eigenvalue weighted by molar-refractivity contribution is 5.45. The summed E-state index contributed by atoms with van der Waals surface area (Å²) < 4.78 is 5.26. The van der Waals surface area contributed by atoms with Gasteiger partial charge in [0.05, 0.1) is 6.61 Å². The summed E-state index contributed by atoms with van der Waals surface area (Å²) in [6, 6.07) is 3.96. The molecule has 0 aliphatic carbocycles. The first-order valence-corrected chi connectivity index (χ1v) is 4.20. The van der Waals surface area contributed by atoms with Gasteiger partial charge in [-0.3, -0.25) is 0 Å². The molecular weight excluding hydrogens is 164 g/mol. The van der Waals surface area contributed by atoms with Crippen molar-refractivity contribution in [1.82, 2.24) is 4.98 Å².